The van der Waals surface area contributed by atoms with Gasteiger partial charge in [0.1, 0.15) is 17.2 Å². The Kier molecular flexibility index (Phi) is 4.23. The summed E-state index contributed by atoms with van der Waals surface area (Å²) < 4.78 is 1.85. The van der Waals surface area contributed by atoms with Gasteiger partial charge in [0, 0.05) is 31.2 Å². The van der Waals surface area contributed by atoms with Gasteiger partial charge in [0.05, 0.1) is 6.04 Å². The number of hydrogen-bond donors (Lipinski definition) is 2. The number of aromatic nitrogens is 4. The standard InChI is InChI=1S/C20H19N5O/c1-14-7-10-25-13-17(23-19(25)11-14)20(26)24-16(12-18-21-8-9-22-18)15-5-3-2-4-6-15/h2-11,13,16H,12H2,1H3,(H,21,22)(H,24,26)/t16-/m0/s1. The lowest BCUT2D eigenvalue weighted by atomic mass is 10.0. The molecule has 26 heavy (non-hydrogen) atoms. The van der Waals surface area contributed by atoms with Gasteiger partial charge in [-0.25, -0.2) is 9.97 Å². The van der Waals surface area contributed by atoms with Crippen LogP contribution in [0.15, 0.2) is 67.3 Å². The van der Waals surface area contributed by atoms with Crippen LogP contribution >= 0.6 is 0 Å². The van der Waals surface area contributed by atoms with Crippen LogP contribution in [0.4, 0.5) is 0 Å². The van der Waals surface area contributed by atoms with Gasteiger partial charge in [0.2, 0.25) is 0 Å². The number of fused-ring (bicyclic) bond motifs is 1. The van der Waals surface area contributed by atoms with Gasteiger partial charge >= 0.3 is 0 Å². The zero-order chi connectivity index (χ0) is 17.9. The van der Waals surface area contributed by atoms with Crippen LogP contribution in [0.3, 0.4) is 0 Å². The van der Waals surface area contributed by atoms with Crippen molar-refractivity contribution in [2.24, 2.45) is 0 Å². The second-order valence-electron chi connectivity index (χ2n) is 6.27. The highest BCUT2D eigenvalue weighted by Gasteiger charge is 2.19. The van der Waals surface area contributed by atoms with E-state index in [4.69, 9.17) is 0 Å². The number of H-pyrrole nitrogens is 1. The molecule has 0 radical (unpaired) electrons. The topological polar surface area (TPSA) is 75.1 Å². The molecule has 0 aliphatic carbocycles. The van der Waals surface area contributed by atoms with Gasteiger partial charge in [-0.2, -0.15) is 0 Å². The van der Waals surface area contributed by atoms with Crippen molar-refractivity contribution in [1.82, 2.24) is 24.7 Å². The van der Waals surface area contributed by atoms with Gasteiger partial charge in [0.25, 0.3) is 5.91 Å². The van der Waals surface area contributed by atoms with Crippen molar-refractivity contribution in [1.29, 1.82) is 0 Å². The fourth-order valence-electron chi connectivity index (χ4n) is 2.97. The molecular weight excluding hydrogens is 326 g/mol. The van der Waals surface area contributed by atoms with Gasteiger partial charge in [-0.3, -0.25) is 4.79 Å². The number of carbonyl (C=O) groups is 1. The van der Waals surface area contributed by atoms with E-state index in [-0.39, 0.29) is 11.9 Å². The van der Waals surface area contributed by atoms with E-state index in [0.717, 1.165) is 22.6 Å². The molecule has 4 rings (SSSR count). The molecular formula is C20H19N5O. The van der Waals surface area contributed by atoms with Crippen molar-refractivity contribution >= 4 is 11.6 Å². The fraction of sp³-hybridized carbons (Fsp3) is 0.150. The van der Waals surface area contributed by atoms with E-state index >= 15 is 0 Å². The first-order valence-electron chi connectivity index (χ1n) is 8.48. The zero-order valence-electron chi connectivity index (χ0n) is 14.4. The Labute approximate surface area is 150 Å². The number of rotatable bonds is 5. The Morgan fingerprint density at radius 2 is 2.12 bits per heavy atom. The Balaban J connectivity index is 1.60. The Morgan fingerprint density at radius 1 is 1.27 bits per heavy atom. The van der Waals surface area contributed by atoms with Crippen LogP contribution < -0.4 is 5.32 Å². The number of nitrogens with zero attached hydrogens (tertiary/aromatic N) is 3. The average molecular weight is 345 g/mol. The monoisotopic (exact) mass is 345 g/mol. The lowest BCUT2D eigenvalue weighted by molar-refractivity contribution is 0.0931. The summed E-state index contributed by atoms with van der Waals surface area (Å²) in [6.07, 6.45) is 7.73. The molecule has 1 amide bonds. The van der Waals surface area contributed by atoms with Crippen LogP contribution in [0.1, 0.15) is 33.5 Å². The molecule has 6 heteroatoms. The van der Waals surface area contributed by atoms with E-state index in [1.165, 1.54) is 0 Å². The fourth-order valence-corrected chi connectivity index (χ4v) is 2.97. The first-order chi connectivity index (χ1) is 12.7. The molecule has 2 N–H and O–H groups in total. The highest BCUT2D eigenvalue weighted by molar-refractivity contribution is 5.93. The summed E-state index contributed by atoms with van der Waals surface area (Å²) in [6, 6.07) is 13.6. The molecule has 0 saturated heterocycles. The van der Waals surface area contributed by atoms with Gasteiger partial charge in [-0.15, -0.1) is 0 Å². The van der Waals surface area contributed by atoms with E-state index in [0.29, 0.717) is 12.1 Å². The van der Waals surface area contributed by atoms with Crippen LogP contribution in [-0.2, 0) is 6.42 Å². The van der Waals surface area contributed by atoms with Gasteiger partial charge in [-0.1, -0.05) is 30.3 Å². The number of aromatic amines is 1. The maximum Gasteiger partial charge on any atom is 0.272 e. The molecule has 0 saturated carbocycles. The third-order valence-corrected chi connectivity index (χ3v) is 4.31. The molecule has 0 aliphatic heterocycles. The number of hydrogen-bond acceptors (Lipinski definition) is 3. The second kappa shape index (κ2) is 6.84. The summed E-state index contributed by atoms with van der Waals surface area (Å²) >= 11 is 0. The quantitative estimate of drug-likeness (QED) is 0.584. The van der Waals surface area contributed by atoms with Gasteiger partial charge in [0.15, 0.2) is 0 Å². The molecule has 3 heterocycles. The summed E-state index contributed by atoms with van der Waals surface area (Å²) in [4.78, 5) is 24.6. The summed E-state index contributed by atoms with van der Waals surface area (Å²) in [7, 11) is 0. The second-order valence-corrected chi connectivity index (χ2v) is 6.27. The lowest BCUT2D eigenvalue weighted by Gasteiger charge is -2.17. The maximum absolute atomic E-state index is 12.8. The van der Waals surface area contributed by atoms with Crippen molar-refractivity contribution in [3.8, 4) is 0 Å². The van der Waals surface area contributed by atoms with Crippen molar-refractivity contribution < 1.29 is 4.79 Å². The van der Waals surface area contributed by atoms with E-state index in [1.807, 2.05) is 60.0 Å². The molecule has 6 nitrogen and oxygen atoms in total. The van der Waals surface area contributed by atoms with Crippen LogP contribution in [0.5, 0.6) is 0 Å². The van der Waals surface area contributed by atoms with Crippen LogP contribution in [0.2, 0.25) is 0 Å². The summed E-state index contributed by atoms with van der Waals surface area (Å²) in [6.45, 7) is 2.00. The molecule has 0 fully saturated rings. The van der Waals surface area contributed by atoms with Crippen molar-refractivity contribution in [2.45, 2.75) is 19.4 Å². The van der Waals surface area contributed by atoms with Gasteiger partial charge in [-0.05, 0) is 30.2 Å². The van der Waals surface area contributed by atoms with Crippen molar-refractivity contribution in [3.05, 3.63) is 89.9 Å². The van der Waals surface area contributed by atoms with Crippen molar-refractivity contribution in [2.75, 3.05) is 0 Å². The van der Waals surface area contributed by atoms with Gasteiger partial charge < -0.3 is 14.7 Å². The zero-order valence-corrected chi connectivity index (χ0v) is 14.4. The van der Waals surface area contributed by atoms with Crippen LogP contribution in [-0.4, -0.2) is 25.3 Å². The van der Waals surface area contributed by atoms with Crippen LogP contribution in [0, 0.1) is 6.92 Å². The summed E-state index contributed by atoms with van der Waals surface area (Å²) in [5, 5.41) is 3.09. The van der Waals surface area contributed by atoms with Crippen LogP contribution in [0.25, 0.3) is 5.65 Å². The SMILES string of the molecule is Cc1ccn2cc(C(=O)N[C@@H](Cc3ncc[nH]3)c3ccccc3)nc2c1. The number of aryl methyl sites for hydroxylation is 1. The largest absolute Gasteiger partial charge is 0.349 e. The molecule has 0 aliphatic rings. The highest BCUT2D eigenvalue weighted by atomic mass is 16.2. The Hall–Kier alpha value is -3.41. The number of nitrogens with one attached hydrogen (secondary N) is 2. The number of carbonyl (C=O) groups excluding carboxylic acids is 1. The first-order valence-corrected chi connectivity index (χ1v) is 8.48. The number of amides is 1. The highest BCUT2D eigenvalue weighted by Crippen LogP contribution is 2.18. The molecule has 1 aromatic carbocycles. The predicted octanol–water partition coefficient (Wildman–Crippen LogP) is 3.08. The van der Waals surface area contributed by atoms with E-state index in [9.17, 15) is 4.79 Å². The normalized spacial score (nSPS) is 12.2. The maximum atomic E-state index is 12.8. The molecule has 0 bridgehead atoms. The molecule has 0 unspecified atom stereocenters. The third kappa shape index (κ3) is 3.35. The number of imidazole rings is 2. The number of benzene rings is 1. The summed E-state index contributed by atoms with van der Waals surface area (Å²) in [5.41, 5.74) is 3.29. The minimum absolute atomic E-state index is 0.193. The minimum Gasteiger partial charge on any atom is -0.349 e. The Bertz CT molecular complexity index is 1020. The van der Waals surface area contributed by atoms with E-state index in [1.54, 1.807) is 18.6 Å². The molecule has 1 atom stereocenters. The minimum atomic E-state index is -0.202. The molecule has 4 aromatic rings. The number of pyridine rings is 1. The lowest BCUT2D eigenvalue weighted by Crippen LogP contribution is -2.30. The predicted molar refractivity (Wildman–Crippen MR) is 98.9 cm³/mol. The average Bonchev–Trinajstić information content (AvgIpc) is 3.31. The molecule has 0 spiro atoms. The van der Waals surface area contributed by atoms with E-state index < -0.39 is 0 Å². The smallest absolute Gasteiger partial charge is 0.272 e. The molecule has 130 valence electrons. The first kappa shape index (κ1) is 16.1. The third-order valence-electron chi connectivity index (χ3n) is 4.31. The molecule has 3 aromatic heterocycles. The Morgan fingerprint density at radius 3 is 2.88 bits per heavy atom. The van der Waals surface area contributed by atoms with E-state index in [2.05, 4.69) is 20.3 Å². The summed E-state index contributed by atoms with van der Waals surface area (Å²) in [5.74, 6) is 0.622. The van der Waals surface area contributed by atoms with Crippen molar-refractivity contribution in [3.63, 3.8) is 0 Å².